The third-order valence-electron chi connectivity index (χ3n) is 11.8. The number of hydrogen-bond acceptors (Lipinski definition) is 15. The lowest BCUT2D eigenvalue weighted by Crippen LogP contribution is -2.63. The first kappa shape index (κ1) is 61.6. The second-order valence-corrected chi connectivity index (χ2v) is 18.7. The van der Waals surface area contributed by atoms with Gasteiger partial charge < -0.3 is 85.5 Å². The van der Waals surface area contributed by atoms with Crippen molar-refractivity contribution in [1.82, 2.24) is 47.9 Å². The second kappa shape index (κ2) is 29.8. The molecule has 26 heteroatoms. The van der Waals surface area contributed by atoms with Crippen molar-refractivity contribution in [3.05, 3.63) is 35.9 Å². The fraction of sp³-hybridized carbons (Fsp3) is 0.652. The fourth-order valence-corrected chi connectivity index (χ4v) is 7.36. The van der Waals surface area contributed by atoms with E-state index in [1.54, 1.807) is 59.7 Å². The molecule has 13 atom stereocenters. The van der Waals surface area contributed by atoms with Crippen molar-refractivity contribution in [3.8, 4) is 0 Å². The molecule has 0 saturated carbocycles. The zero-order valence-corrected chi connectivity index (χ0v) is 42.1. The summed E-state index contributed by atoms with van der Waals surface area (Å²) in [6.45, 7) is 10.4. The predicted octanol–water partition coefficient (Wildman–Crippen LogP) is -5.39. The number of guanidine groups is 1. The van der Waals surface area contributed by atoms with Crippen LogP contribution in [0.5, 0.6) is 0 Å². The number of hydrogen-bond donors (Lipinski definition) is 16. The average molecular weight is 1020 g/mol. The molecular weight excluding hydrogens is 943 g/mol. The molecule has 1 aliphatic heterocycles. The van der Waals surface area contributed by atoms with Crippen molar-refractivity contribution in [2.45, 2.75) is 154 Å². The van der Waals surface area contributed by atoms with E-state index in [-0.39, 0.29) is 43.2 Å². The Bertz CT molecular complexity index is 2040. The quantitative estimate of drug-likeness (QED) is 0.0470. The van der Waals surface area contributed by atoms with Gasteiger partial charge in [0, 0.05) is 6.54 Å². The third kappa shape index (κ3) is 19.3. The van der Waals surface area contributed by atoms with Gasteiger partial charge in [-0.25, -0.2) is 0 Å². The molecule has 1 heterocycles. The average Bonchev–Trinajstić information content (AvgIpc) is 3.32. The van der Waals surface area contributed by atoms with E-state index >= 15 is 0 Å². The van der Waals surface area contributed by atoms with E-state index in [1.807, 2.05) is 0 Å². The van der Waals surface area contributed by atoms with Crippen molar-refractivity contribution in [2.75, 3.05) is 19.7 Å². The zero-order chi connectivity index (χ0) is 54.6. The smallest absolute Gasteiger partial charge is 0.245 e. The van der Waals surface area contributed by atoms with E-state index in [9.17, 15) is 63.6 Å². The Morgan fingerprint density at radius 1 is 0.625 bits per heavy atom. The van der Waals surface area contributed by atoms with Crippen LogP contribution >= 0.6 is 0 Å². The number of aliphatic hydroxyl groups excluding tert-OH is 4. The lowest BCUT2D eigenvalue weighted by atomic mass is 9.95. The second-order valence-electron chi connectivity index (χ2n) is 18.7. The van der Waals surface area contributed by atoms with Crippen LogP contribution in [0.1, 0.15) is 92.7 Å². The lowest BCUT2D eigenvalue weighted by molar-refractivity contribution is -0.138. The number of rotatable bonds is 14. The van der Waals surface area contributed by atoms with Crippen molar-refractivity contribution in [1.29, 1.82) is 0 Å². The van der Waals surface area contributed by atoms with Crippen LogP contribution in [0, 0.1) is 17.8 Å². The summed E-state index contributed by atoms with van der Waals surface area (Å²) in [6.07, 6.45) is -4.51. The van der Waals surface area contributed by atoms with E-state index in [4.69, 9.17) is 17.2 Å². The first-order valence-electron chi connectivity index (χ1n) is 23.9. The number of nitrogens with two attached hydrogens (primary N) is 3. The van der Waals surface area contributed by atoms with Gasteiger partial charge in [-0.2, -0.15) is 0 Å². The molecule has 0 aliphatic carbocycles. The first-order chi connectivity index (χ1) is 33.7. The number of nitrogens with zero attached hydrogens (tertiary/aromatic N) is 1. The summed E-state index contributed by atoms with van der Waals surface area (Å²) in [6, 6.07) is -6.66. The molecule has 0 aromatic heterocycles. The summed E-state index contributed by atoms with van der Waals surface area (Å²) in [7, 11) is 0. The molecule has 3 unspecified atom stereocenters. The Labute approximate surface area is 419 Å². The Kier molecular flexibility index (Phi) is 25.5. The lowest BCUT2D eigenvalue weighted by Gasteiger charge is -2.32. The number of carbonyl (C=O) groups is 9. The molecule has 2 rings (SSSR count). The number of benzene rings is 1. The molecule has 1 aromatic carbocycles. The molecule has 1 fully saturated rings. The van der Waals surface area contributed by atoms with Gasteiger partial charge in [-0.15, -0.1) is 0 Å². The van der Waals surface area contributed by atoms with E-state index in [0.29, 0.717) is 6.42 Å². The predicted molar refractivity (Wildman–Crippen MR) is 262 cm³/mol. The van der Waals surface area contributed by atoms with Gasteiger partial charge in [0.15, 0.2) is 5.96 Å². The Morgan fingerprint density at radius 3 is 1.67 bits per heavy atom. The van der Waals surface area contributed by atoms with Crippen LogP contribution in [0.2, 0.25) is 0 Å². The van der Waals surface area contributed by atoms with Crippen LogP contribution in [0.25, 0.3) is 0 Å². The number of carbonyl (C=O) groups excluding carboxylic acids is 9. The maximum absolute atomic E-state index is 14.3. The first-order valence-corrected chi connectivity index (χ1v) is 23.9. The highest BCUT2D eigenvalue weighted by atomic mass is 16.3. The molecule has 1 aromatic rings. The van der Waals surface area contributed by atoms with E-state index in [2.05, 4.69) is 52.8 Å². The highest BCUT2D eigenvalue weighted by Crippen LogP contribution is 2.19. The Morgan fingerprint density at radius 2 is 1.12 bits per heavy atom. The molecule has 72 heavy (non-hydrogen) atoms. The maximum atomic E-state index is 14.3. The minimum atomic E-state index is -1.79. The maximum Gasteiger partial charge on any atom is 0.245 e. The van der Waals surface area contributed by atoms with Gasteiger partial charge in [-0.1, -0.05) is 78.3 Å². The zero-order valence-electron chi connectivity index (χ0n) is 42.1. The minimum Gasteiger partial charge on any atom is -0.394 e. The van der Waals surface area contributed by atoms with E-state index < -0.39 is 151 Å². The molecule has 1 aliphatic rings. The Balaban J connectivity index is 2.81. The van der Waals surface area contributed by atoms with Crippen LogP contribution < -0.4 is 65.1 Å². The highest BCUT2D eigenvalue weighted by molar-refractivity contribution is 5.98. The summed E-state index contributed by atoms with van der Waals surface area (Å²) in [5.74, 6) is -11.0. The molecule has 19 N–H and O–H groups in total. The van der Waals surface area contributed by atoms with Gasteiger partial charge in [0.25, 0.3) is 0 Å². The van der Waals surface area contributed by atoms with Gasteiger partial charge in [-0.05, 0) is 56.4 Å². The van der Waals surface area contributed by atoms with Crippen molar-refractivity contribution in [2.24, 2.45) is 39.9 Å². The summed E-state index contributed by atoms with van der Waals surface area (Å²) < 4.78 is 0. The summed E-state index contributed by atoms with van der Waals surface area (Å²) in [5.41, 5.74) is 17.8. The Hall–Kier alpha value is -6.48. The summed E-state index contributed by atoms with van der Waals surface area (Å²) >= 11 is 0. The van der Waals surface area contributed by atoms with Gasteiger partial charge >= 0.3 is 0 Å². The van der Waals surface area contributed by atoms with Crippen LogP contribution in [-0.2, 0) is 43.2 Å². The molecule has 0 radical (unpaired) electrons. The number of aliphatic imine (C=N–C) groups is 1. The molecule has 0 bridgehead atoms. The van der Waals surface area contributed by atoms with Gasteiger partial charge in [0.05, 0.1) is 37.5 Å². The van der Waals surface area contributed by atoms with Crippen molar-refractivity contribution < 1.29 is 63.6 Å². The van der Waals surface area contributed by atoms with E-state index in [1.165, 1.54) is 19.1 Å². The molecular formula is C46H77N13O13. The molecule has 26 nitrogen and oxygen atoms in total. The monoisotopic (exact) mass is 1020 g/mol. The molecule has 9 amide bonds. The van der Waals surface area contributed by atoms with Crippen LogP contribution in [0.15, 0.2) is 35.3 Å². The SMILES string of the molecule is CC[C@H](C)[C@@H]1NC(=O)[C@@H](CCCN=C(N)N)NC(=O)[C@H](CC(C)C)NC(=O)[C@H](C(O)C(C)C)NC(=O)C(N)[C@@H](c2ccccc2)NC(=O)[C@H](CO)NC(=O)[C@H]([C@@H](C)O)NC(=O)CNC(=O)[C@H](C(C)O)NC1=O. The molecule has 1 saturated heterocycles. The number of amides is 9. The minimum absolute atomic E-state index is 0.0208. The van der Waals surface area contributed by atoms with Crippen LogP contribution in [0.4, 0.5) is 0 Å². The van der Waals surface area contributed by atoms with Gasteiger partial charge in [0.1, 0.15) is 48.3 Å². The molecule has 404 valence electrons. The largest absolute Gasteiger partial charge is 0.394 e. The topological polar surface area (TPSA) is 433 Å². The van der Waals surface area contributed by atoms with Crippen LogP contribution in [-0.4, -0.2) is 166 Å². The highest BCUT2D eigenvalue weighted by Gasteiger charge is 2.40. The van der Waals surface area contributed by atoms with Crippen LogP contribution in [0.3, 0.4) is 0 Å². The van der Waals surface area contributed by atoms with Gasteiger partial charge in [-0.3, -0.25) is 48.1 Å². The summed E-state index contributed by atoms with van der Waals surface area (Å²) in [5, 5.41) is 64.7. The fourth-order valence-electron chi connectivity index (χ4n) is 7.36. The van der Waals surface area contributed by atoms with Crippen molar-refractivity contribution in [3.63, 3.8) is 0 Å². The normalized spacial score (nSPS) is 27.1. The van der Waals surface area contributed by atoms with E-state index in [0.717, 1.165) is 6.92 Å². The third-order valence-corrected chi connectivity index (χ3v) is 11.8. The van der Waals surface area contributed by atoms with Gasteiger partial charge in [0.2, 0.25) is 53.2 Å². The number of aliphatic hydroxyl groups is 4. The summed E-state index contributed by atoms with van der Waals surface area (Å²) in [4.78, 5) is 129. The standard InChI is InChI=1S/C46H77N13O13/c1-9-23(6)32-43(70)57-33(24(7)61)42(69)51-19-30(63)55-34(25(8)62)44(71)54-29(20-60)40(67)58-35(26-14-11-10-12-15-26)31(47)41(68)59-36(37(64)22(4)5)45(72)53-28(18-21(2)3)39(66)52-27(38(65)56-32)16-13-17-50-46(48)49/h10-12,14-15,21-25,27-29,31-37,60-62,64H,9,13,16-20,47H2,1-8H3,(H,51,69)(H,52,66)(H,53,72)(H,54,71)(H,55,63)(H,56,65)(H,57,70)(H,58,67)(H,59,68)(H4,48,49,50)/t23-,24?,25+,27+,28-,29-,31?,32-,33-,34-,35+,36-,37?/m0/s1. The number of nitrogens with one attached hydrogen (secondary N) is 9. The molecule has 0 spiro atoms. The van der Waals surface area contributed by atoms with Crippen molar-refractivity contribution >= 4 is 59.1 Å².